The molecule has 0 spiro atoms. The van der Waals surface area contributed by atoms with Gasteiger partial charge < -0.3 is 5.73 Å². The molecule has 3 N–H and O–H groups in total. The molecular formula is C13H20FN3O2S. The van der Waals surface area contributed by atoms with E-state index in [1.807, 2.05) is 13.8 Å². The average molecular weight is 301 g/mol. The minimum atomic E-state index is -3.75. The average Bonchev–Trinajstić information content (AvgIpc) is 2.32. The van der Waals surface area contributed by atoms with Crippen molar-refractivity contribution in [1.82, 2.24) is 4.31 Å². The summed E-state index contributed by atoms with van der Waals surface area (Å²) in [4.78, 5) is 0. The number of nitrogens with one attached hydrogen (secondary N) is 1. The van der Waals surface area contributed by atoms with Gasteiger partial charge in [0.05, 0.1) is 5.69 Å². The number of nitrogens with two attached hydrogens (primary N) is 1. The van der Waals surface area contributed by atoms with E-state index >= 15 is 0 Å². The van der Waals surface area contributed by atoms with E-state index in [2.05, 4.69) is 4.72 Å². The topological polar surface area (TPSA) is 75.4 Å². The summed E-state index contributed by atoms with van der Waals surface area (Å²) in [6, 6.07) is 3.82. The van der Waals surface area contributed by atoms with E-state index in [0.717, 1.165) is 12.5 Å². The Kier molecular flexibility index (Phi) is 4.19. The monoisotopic (exact) mass is 301 g/mol. The molecule has 1 aromatic carbocycles. The van der Waals surface area contributed by atoms with Crippen LogP contribution >= 0.6 is 0 Å². The molecule has 0 amide bonds. The predicted molar refractivity (Wildman–Crippen MR) is 77.9 cm³/mol. The third-order valence-corrected chi connectivity index (χ3v) is 4.86. The molecule has 2 rings (SSSR count). The van der Waals surface area contributed by atoms with Crippen molar-refractivity contribution in [3.63, 3.8) is 0 Å². The molecule has 0 aliphatic carbocycles. The zero-order valence-corrected chi connectivity index (χ0v) is 12.5. The maximum atomic E-state index is 13.6. The number of hydrogen-bond acceptors (Lipinski definition) is 3. The molecule has 1 aromatic rings. The third-order valence-electron chi connectivity index (χ3n) is 3.40. The number of halogens is 1. The highest BCUT2D eigenvalue weighted by atomic mass is 32.2. The highest BCUT2D eigenvalue weighted by Gasteiger charge is 2.30. The van der Waals surface area contributed by atoms with Crippen molar-refractivity contribution in [1.29, 1.82) is 0 Å². The van der Waals surface area contributed by atoms with Gasteiger partial charge in [0.1, 0.15) is 5.82 Å². The lowest BCUT2D eigenvalue weighted by atomic mass is 9.94. The predicted octanol–water partition coefficient (Wildman–Crippen LogP) is 2.04. The van der Waals surface area contributed by atoms with E-state index in [4.69, 9.17) is 5.73 Å². The molecule has 1 aliphatic heterocycles. The van der Waals surface area contributed by atoms with E-state index in [0.29, 0.717) is 30.6 Å². The Morgan fingerprint density at radius 2 is 1.90 bits per heavy atom. The number of anilines is 2. The van der Waals surface area contributed by atoms with Gasteiger partial charge in [-0.2, -0.15) is 12.7 Å². The highest BCUT2D eigenvalue weighted by Crippen LogP contribution is 2.25. The van der Waals surface area contributed by atoms with Crippen molar-refractivity contribution in [3.8, 4) is 0 Å². The van der Waals surface area contributed by atoms with Crippen molar-refractivity contribution in [2.24, 2.45) is 11.8 Å². The first-order valence-corrected chi connectivity index (χ1v) is 8.05. The van der Waals surface area contributed by atoms with Crippen molar-refractivity contribution in [2.45, 2.75) is 20.3 Å². The van der Waals surface area contributed by atoms with Gasteiger partial charge in [-0.25, -0.2) is 4.39 Å². The van der Waals surface area contributed by atoms with Crippen LogP contribution in [0.4, 0.5) is 15.8 Å². The van der Waals surface area contributed by atoms with E-state index in [-0.39, 0.29) is 5.69 Å². The second-order valence-corrected chi connectivity index (χ2v) is 7.28. The summed E-state index contributed by atoms with van der Waals surface area (Å²) >= 11 is 0. The second kappa shape index (κ2) is 5.57. The Bertz CT molecular complexity index is 581. The van der Waals surface area contributed by atoms with Crippen LogP contribution in [0.5, 0.6) is 0 Å². The van der Waals surface area contributed by atoms with E-state index in [9.17, 15) is 12.8 Å². The fourth-order valence-electron chi connectivity index (χ4n) is 2.63. The van der Waals surface area contributed by atoms with Crippen molar-refractivity contribution < 1.29 is 12.8 Å². The number of piperidine rings is 1. The normalized spacial score (nSPS) is 24.6. The smallest absolute Gasteiger partial charge is 0.301 e. The summed E-state index contributed by atoms with van der Waals surface area (Å²) in [5.74, 6) is -0.0529. The minimum Gasteiger partial charge on any atom is -0.399 e. The molecule has 1 saturated heterocycles. The summed E-state index contributed by atoms with van der Waals surface area (Å²) in [6.45, 7) is 4.92. The van der Waals surface area contributed by atoms with Gasteiger partial charge in [-0.15, -0.1) is 0 Å². The van der Waals surface area contributed by atoms with Gasteiger partial charge in [0.15, 0.2) is 0 Å². The molecule has 5 nitrogen and oxygen atoms in total. The van der Waals surface area contributed by atoms with Crippen LogP contribution in [0.25, 0.3) is 0 Å². The molecule has 1 aliphatic rings. The molecule has 0 bridgehead atoms. The zero-order valence-electron chi connectivity index (χ0n) is 11.6. The number of hydrogen-bond donors (Lipinski definition) is 2. The largest absolute Gasteiger partial charge is 0.399 e. The van der Waals surface area contributed by atoms with Crippen LogP contribution < -0.4 is 10.5 Å². The summed E-state index contributed by atoms with van der Waals surface area (Å²) in [5, 5.41) is 0. The van der Waals surface area contributed by atoms with Crippen LogP contribution in [-0.2, 0) is 10.2 Å². The number of nitrogens with zero attached hydrogens (tertiary/aromatic N) is 1. The SMILES string of the molecule is CC1CC(C)CN(S(=O)(=O)Nc2cc(N)ccc2F)C1. The first-order chi connectivity index (χ1) is 9.28. The number of rotatable bonds is 3. The highest BCUT2D eigenvalue weighted by molar-refractivity contribution is 7.90. The van der Waals surface area contributed by atoms with Gasteiger partial charge in [-0.1, -0.05) is 13.8 Å². The molecule has 0 radical (unpaired) electrons. The van der Waals surface area contributed by atoms with Gasteiger partial charge >= 0.3 is 10.2 Å². The van der Waals surface area contributed by atoms with Crippen molar-refractivity contribution in [3.05, 3.63) is 24.0 Å². The standard InChI is InChI=1S/C13H20FN3O2S/c1-9-5-10(2)8-17(7-9)20(18,19)16-13-6-11(15)3-4-12(13)14/h3-4,6,9-10,16H,5,7-8,15H2,1-2H3. The van der Waals surface area contributed by atoms with Crippen LogP contribution in [0.15, 0.2) is 18.2 Å². The van der Waals surface area contributed by atoms with E-state index in [1.165, 1.54) is 16.4 Å². The maximum Gasteiger partial charge on any atom is 0.301 e. The summed E-state index contributed by atoms with van der Waals surface area (Å²) < 4.78 is 41.9. The number of benzene rings is 1. The quantitative estimate of drug-likeness (QED) is 0.839. The van der Waals surface area contributed by atoms with Crippen molar-refractivity contribution in [2.75, 3.05) is 23.5 Å². The second-order valence-electron chi connectivity index (χ2n) is 5.61. The molecule has 1 heterocycles. The molecule has 0 saturated carbocycles. The van der Waals surface area contributed by atoms with Crippen LogP contribution in [0.3, 0.4) is 0 Å². The number of nitrogen functional groups attached to an aromatic ring is 1. The maximum absolute atomic E-state index is 13.6. The Morgan fingerprint density at radius 3 is 2.50 bits per heavy atom. The molecule has 1 fully saturated rings. The lowest BCUT2D eigenvalue weighted by Crippen LogP contribution is -2.45. The van der Waals surface area contributed by atoms with Crippen LogP contribution in [-0.4, -0.2) is 25.8 Å². The van der Waals surface area contributed by atoms with Gasteiger partial charge in [0.2, 0.25) is 0 Å². The first kappa shape index (κ1) is 15.1. The lowest BCUT2D eigenvalue weighted by molar-refractivity contribution is 0.223. The van der Waals surface area contributed by atoms with Crippen LogP contribution in [0.2, 0.25) is 0 Å². The van der Waals surface area contributed by atoms with Crippen LogP contribution in [0, 0.1) is 17.7 Å². The summed E-state index contributed by atoms with van der Waals surface area (Å²) in [5.41, 5.74) is 5.75. The minimum absolute atomic E-state index is 0.115. The van der Waals surface area contributed by atoms with Crippen molar-refractivity contribution >= 4 is 21.6 Å². The zero-order chi connectivity index (χ0) is 14.9. The lowest BCUT2D eigenvalue weighted by Gasteiger charge is -2.34. The Labute approximate surface area is 119 Å². The van der Waals surface area contributed by atoms with Gasteiger partial charge in [0.25, 0.3) is 0 Å². The third kappa shape index (κ3) is 3.40. The molecule has 2 atom stereocenters. The molecule has 2 unspecified atom stereocenters. The van der Waals surface area contributed by atoms with Gasteiger partial charge in [0, 0.05) is 18.8 Å². The molecule has 0 aromatic heterocycles. The van der Waals surface area contributed by atoms with Gasteiger partial charge in [-0.3, -0.25) is 4.72 Å². The molecule has 20 heavy (non-hydrogen) atoms. The van der Waals surface area contributed by atoms with E-state index in [1.54, 1.807) is 0 Å². The first-order valence-electron chi connectivity index (χ1n) is 6.61. The summed E-state index contributed by atoms with van der Waals surface area (Å²) in [6.07, 6.45) is 0.999. The van der Waals surface area contributed by atoms with Gasteiger partial charge in [-0.05, 0) is 36.5 Å². The summed E-state index contributed by atoms with van der Waals surface area (Å²) in [7, 11) is -3.75. The fourth-order valence-corrected chi connectivity index (χ4v) is 4.09. The Hall–Kier alpha value is -1.34. The van der Waals surface area contributed by atoms with E-state index < -0.39 is 16.0 Å². The van der Waals surface area contributed by atoms with Crippen LogP contribution in [0.1, 0.15) is 20.3 Å². The Balaban J connectivity index is 2.20. The molecule has 112 valence electrons. The molecular weight excluding hydrogens is 281 g/mol. The fraction of sp³-hybridized carbons (Fsp3) is 0.538. The molecule has 7 heteroatoms. The Morgan fingerprint density at radius 1 is 1.30 bits per heavy atom.